The molecule has 16 heavy (non-hydrogen) atoms. The van der Waals surface area contributed by atoms with Gasteiger partial charge < -0.3 is 19.5 Å². The molecule has 1 heterocycles. The van der Waals surface area contributed by atoms with E-state index in [1.54, 1.807) is 11.7 Å². The first-order valence-electron chi connectivity index (χ1n) is 5.01. The van der Waals surface area contributed by atoms with Crippen LogP contribution in [0, 0.1) is 0 Å². The normalized spacial score (nSPS) is 13.2. The number of aliphatic hydroxyl groups excluding tert-OH is 2. The molecule has 0 saturated heterocycles. The first kappa shape index (κ1) is 11.1. The topological polar surface area (TPSA) is 67.5 Å². The van der Waals surface area contributed by atoms with E-state index in [-0.39, 0.29) is 6.61 Å². The number of imidazole rings is 1. The smallest absolute Gasteiger partial charge is 0.143 e. The zero-order chi connectivity index (χ0) is 11.5. The van der Waals surface area contributed by atoms with Crippen LogP contribution in [-0.4, -0.2) is 33.5 Å². The van der Waals surface area contributed by atoms with Crippen LogP contribution in [0.2, 0.25) is 0 Å². The van der Waals surface area contributed by atoms with E-state index in [1.165, 1.54) is 0 Å². The van der Waals surface area contributed by atoms with Crippen molar-refractivity contribution in [2.75, 3.05) is 13.7 Å². The minimum atomic E-state index is -0.984. The third kappa shape index (κ3) is 1.80. The van der Waals surface area contributed by atoms with E-state index >= 15 is 0 Å². The highest BCUT2D eigenvalue weighted by atomic mass is 16.5. The predicted octanol–water partition coefficient (Wildman–Crippen LogP) is 0.666. The monoisotopic (exact) mass is 222 g/mol. The van der Waals surface area contributed by atoms with Gasteiger partial charge in [0.05, 0.1) is 17.6 Å². The van der Waals surface area contributed by atoms with Gasteiger partial charge in [-0.1, -0.05) is 12.1 Å². The Bertz CT molecular complexity index is 481. The molecule has 0 bridgehead atoms. The van der Waals surface area contributed by atoms with Crippen LogP contribution in [-0.2, 0) is 11.5 Å². The van der Waals surface area contributed by atoms with Crippen LogP contribution in [0.3, 0.4) is 0 Å². The van der Waals surface area contributed by atoms with Crippen LogP contribution >= 0.6 is 0 Å². The third-order valence-electron chi connectivity index (χ3n) is 2.41. The van der Waals surface area contributed by atoms with Crippen molar-refractivity contribution in [3.8, 4) is 0 Å². The molecule has 1 aromatic carbocycles. The van der Waals surface area contributed by atoms with Gasteiger partial charge in [0.15, 0.2) is 0 Å². The van der Waals surface area contributed by atoms with Crippen molar-refractivity contribution in [1.29, 1.82) is 0 Å². The number of hydrogen-bond acceptors (Lipinski definition) is 4. The molecule has 5 nitrogen and oxygen atoms in total. The predicted molar refractivity (Wildman–Crippen MR) is 58.8 cm³/mol. The van der Waals surface area contributed by atoms with E-state index < -0.39 is 6.10 Å². The molecular formula is C11H14N2O3. The largest absolute Gasteiger partial charge is 0.393 e. The summed E-state index contributed by atoms with van der Waals surface area (Å²) in [5, 5.41) is 18.6. The molecule has 2 rings (SSSR count). The number of methoxy groups -OCH3 is 1. The molecule has 0 radical (unpaired) electrons. The summed E-state index contributed by atoms with van der Waals surface area (Å²) < 4.78 is 6.81. The van der Waals surface area contributed by atoms with E-state index in [0.717, 1.165) is 11.0 Å². The molecule has 2 N–H and O–H groups in total. The summed E-state index contributed by atoms with van der Waals surface area (Å²) in [6, 6.07) is 7.52. The maximum Gasteiger partial charge on any atom is 0.143 e. The first-order chi connectivity index (χ1) is 7.77. The first-order valence-corrected chi connectivity index (χ1v) is 5.01. The van der Waals surface area contributed by atoms with Crippen molar-refractivity contribution in [2.24, 2.45) is 0 Å². The number of benzene rings is 1. The molecule has 0 aliphatic heterocycles. The molecule has 0 aliphatic rings. The van der Waals surface area contributed by atoms with E-state index in [2.05, 4.69) is 4.98 Å². The van der Waals surface area contributed by atoms with Crippen molar-refractivity contribution in [2.45, 2.75) is 12.8 Å². The summed E-state index contributed by atoms with van der Waals surface area (Å²) in [6.45, 7) is -0.0556. The summed E-state index contributed by atoms with van der Waals surface area (Å²) in [6.07, 6.45) is -0.984. The lowest BCUT2D eigenvalue weighted by molar-refractivity contribution is 0.0727. The second-order valence-corrected chi connectivity index (χ2v) is 3.50. The van der Waals surface area contributed by atoms with E-state index in [4.69, 9.17) is 9.84 Å². The number of para-hydroxylation sites is 2. The van der Waals surface area contributed by atoms with Crippen LogP contribution in [0.5, 0.6) is 0 Å². The maximum absolute atomic E-state index is 9.65. The SMILES string of the molecule is COCn1c(C(O)CO)nc2ccccc21. The number of ether oxygens (including phenoxy) is 1. The van der Waals surface area contributed by atoms with Crippen molar-refractivity contribution in [3.05, 3.63) is 30.1 Å². The molecule has 0 fully saturated rings. The van der Waals surface area contributed by atoms with Gasteiger partial charge >= 0.3 is 0 Å². The molecule has 0 spiro atoms. The molecule has 0 aliphatic carbocycles. The highest BCUT2D eigenvalue weighted by molar-refractivity contribution is 5.75. The molecule has 86 valence electrons. The molecule has 5 heteroatoms. The van der Waals surface area contributed by atoms with Gasteiger partial charge in [0.25, 0.3) is 0 Å². The minimum Gasteiger partial charge on any atom is -0.393 e. The Morgan fingerprint density at radius 3 is 2.88 bits per heavy atom. The lowest BCUT2D eigenvalue weighted by Gasteiger charge is -2.10. The molecular weight excluding hydrogens is 208 g/mol. The van der Waals surface area contributed by atoms with Gasteiger partial charge in [-0.05, 0) is 12.1 Å². The average molecular weight is 222 g/mol. The standard InChI is InChI=1S/C11H14N2O3/c1-16-7-13-9-5-3-2-4-8(9)12-11(13)10(15)6-14/h2-5,10,14-15H,6-7H2,1H3. The Balaban J connectivity index is 2.58. The van der Waals surface area contributed by atoms with Crippen LogP contribution in [0.15, 0.2) is 24.3 Å². The van der Waals surface area contributed by atoms with Crippen LogP contribution in [0.1, 0.15) is 11.9 Å². The van der Waals surface area contributed by atoms with E-state index in [0.29, 0.717) is 12.6 Å². The van der Waals surface area contributed by atoms with Gasteiger partial charge in [0.2, 0.25) is 0 Å². The Morgan fingerprint density at radius 1 is 1.44 bits per heavy atom. The summed E-state index contributed by atoms with van der Waals surface area (Å²) in [5.74, 6) is 0.422. The minimum absolute atomic E-state index is 0.299. The van der Waals surface area contributed by atoms with Gasteiger partial charge in [0.1, 0.15) is 18.7 Å². The average Bonchev–Trinajstić information content (AvgIpc) is 2.68. The summed E-state index contributed by atoms with van der Waals surface area (Å²) in [7, 11) is 1.57. The Kier molecular flexibility index (Phi) is 3.19. The highest BCUT2D eigenvalue weighted by Gasteiger charge is 2.16. The molecule has 0 saturated carbocycles. The molecule has 1 aromatic heterocycles. The van der Waals surface area contributed by atoms with Crippen LogP contribution in [0.4, 0.5) is 0 Å². The summed E-state index contributed by atoms with van der Waals surface area (Å²) in [4.78, 5) is 4.28. The van der Waals surface area contributed by atoms with Gasteiger partial charge in [-0.15, -0.1) is 0 Å². The van der Waals surface area contributed by atoms with Crippen LogP contribution < -0.4 is 0 Å². The molecule has 1 atom stereocenters. The number of hydrogen-bond donors (Lipinski definition) is 2. The summed E-state index contributed by atoms with van der Waals surface area (Å²) >= 11 is 0. The Hall–Kier alpha value is -1.43. The fourth-order valence-electron chi connectivity index (χ4n) is 1.69. The highest BCUT2D eigenvalue weighted by Crippen LogP contribution is 2.20. The third-order valence-corrected chi connectivity index (χ3v) is 2.41. The maximum atomic E-state index is 9.65. The quantitative estimate of drug-likeness (QED) is 0.797. The second-order valence-electron chi connectivity index (χ2n) is 3.50. The van der Waals surface area contributed by atoms with E-state index in [9.17, 15) is 5.11 Å². The van der Waals surface area contributed by atoms with Crippen molar-refractivity contribution in [3.63, 3.8) is 0 Å². The molecule has 0 amide bonds. The Labute approximate surface area is 92.9 Å². The van der Waals surface area contributed by atoms with Gasteiger partial charge in [0, 0.05) is 7.11 Å². The van der Waals surface area contributed by atoms with Gasteiger partial charge in [-0.25, -0.2) is 4.98 Å². The lowest BCUT2D eigenvalue weighted by Crippen LogP contribution is -2.12. The van der Waals surface area contributed by atoms with Gasteiger partial charge in [-0.2, -0.15) is 0 Å². The lowest BCUT2D eigenvalue weighted by atomic mass is 10.3. The van der Waals surface area contributed by atoms with Crippen LogP contribution in [0.25, 0.3) is 11.0 Å². The number of fused-ring (bicyclic) bond motifs is 1. The fraction of sp³-hybridized carbons (Fsp3) is 0.364. The Morgan fingerprint density at radius 2 is 2.19 bits per heavy atom. The molecule has 1 unspecified atom stereocenters. The van der Waals surface area contributed by atoms with Crippen molar-refractivity contribution >= 4 is 11.0 Å². The number of rotatable bonds is 4. The van der Waals surface area contributed by atoms with Crippen molar-refractivity contribution < 1.29 is 14.9 Å². The number of aromatic nitrogens is 2. The molecule has 2 aromatic rings. The summed E-state index contributed by atoms with van der Waals surface area (Å²) in [5.41, 5.74) is 1.66. The fourth-order valence-corrected chi connectivity index (χ4v) is 1.69. The second kappa shape index (κ2) is 4.61. The number of aliphatic hydroxyl groups is 2. The zero-order valence-corrected chi connectivity index (χ0v) is 9.00. The van der Waals surface area contributed by atoms with Gasteiger partial charge in [-0.3, -0.25) is 0 Å². The number of nitrogens with zero attached hydrogens (tertiary/aromatic N) is 2. The van der Waals surface area contributed by atoms with E-state index in [1.807, 2.05) is 24.3 Å². The van der Waals surface area contributed by atoms with Crippen molar-refractivity contribution in [1.82, 2.24) is 9.55 Å². The zero-order valence-electron chi connectivity index (χ0n) is 9.00.